The normalized spacial score (nSPS) is 22.9. The molecule has 7 heteroatoms. The van der Waals surface area contributed by atoms with E-state index in [9.17, 15) is 0 Å². The van der Waals surface area contributed by atoms with E-state index in [1.807, 2.05) is 0 Å². The molecule has 106 valence electrons. The van der Waals surface area contributed by atoms with Gasteiger partial charge in [-0.3, -0.25) is 5.43 Å². The van der Waals surface area contributed by atoms with Crippen LogP contribution in [0.1, 0.15) is 39.0 Å². The highest BCUT2D eigenvalue weighted by molar-refractivity contribution is 5.35. The molecule has 19 heavy (non-hydrogen) atoms. The highest BCUT2D eigenvalue weighted by Gasteiger charge is 2.21. The molecule has 0 bridgehead atoms. The second kappa shape index (κ2) is 6.51. The summed E-state index contributed by atoms with van der Waals surface area (Å²) in [7, 11) is 1.52. The summed E-state index contributed by atoms with van der Waals surface area (Å²) >= 11 is 0. The SMILES string of the molecule is CCC1CCCC(Nc2nc(NN)nc(OC)n2)C1. The van der Waals surface area contributed by atoms with Crippen molar-refractivity contribution in [3.8, 4) is 6.01 Å². The van der Waals surface area contributed by atoms with Crippen LogP contribution in [0.2, 0.25) is 0 Å². The van der Waals surface area contributed by atoms with Crippen LogP contribution in [0.3, 0.4) is 0 Å². The number of aromatic nitrogens is 3. The summed E-state index contributed by atoms with van der Waals surface area (Å²) in [5, 5.41) is 3.36. The van der Waals surface area contributed by atoms with Crippen molar-refractivity contribution >= 4 is 11.9 Å². The average Bonchev–Trinajstić information content (AvgIpc) is 2.47. The Labute approximate surface area is 113 Å². The molecule has 4 N–H and O–H groups in total. The summed E-state index contributed by atoms with van der Waals surface area (Å²) in [6.45, 7) is 2.25. The third-order valence-electron chi connectivity index (χ3n) is 3.62. The van der Waals surface area contributed by atoms with Gasteiger partial charge in [-0.25, -0.2) is 5.84 Å². The van der Waals surface area contributed by atoms with Gasteiger partial charge in [-0.15, -0.1) is 0 Å². The fraction of sp³-hybridized carbons (Fsp3) is 0.750. The minimum Gasteiger partial charge on any atom is -0.467 e. The Morgan fingerprint density at radius 3 is 2.74 bits per heavy atom. The van der Waals surface area contributed by atoms with Crippen molar-refractivity contribution in [2.75, 3.05) is 17.9 Å². The lowest BCUT2D eigenvalue weighted by Crippen LogP contribution is -2.28. The molecule has 0 radical (unpaired) electrons. The molecule has 1 aromatic rings. The predicted molar refractivity (Wildman–Crippen MR) is 73.8 cm³/mol. The van der Waals surface area contributed by atoms with Crippen LogP contribution in [0, 0.1) is 5.92 Å². The van der Waals surface area contributed by atoms with Crippen LogP contribution in [0.25, 0.3) is 0 Å². The molecule has 1 saturated carbocycles. The number of rotatable bonds is 5. The van der Waals surface area contributed by atoms with E-state index in [4.69, 9.17) is 10.6 Å². The van der Waals surface area contributed by atoms with Crippen LogP contribution in [0.4, 0.5) is 11.9 Å². The number of nitrogens with zero attached hydrogens (tertiary/aromatic N) is 3. The van der Waals surface area contributed by atoms with Gasteiger partial charge in [-0.2, -0.15) is 15.0 Å². The molecule has 1 heterocycles. The minimum atomic E-state index is 0.258. The Morgan fingerprint density at radius 2 is 2.05 bits per heavy atom. The molecule has 2 unspecified atom stereocenters. The van der Waals surface area contributed by atoms with Crippen LogP contribution < -0.4 is 21.3 Å². The molecule has 0 saturated heterocycles. The smallest absolute Gasteiger partial charge is 0.322 e. The highest BCUT2D eigenvalue weighted by Crippen LogP contribution is 2.28. The Kier molecular flexibility index (Phi) is 4.73. The van der Waals surface area contributed by atoms with Crippen LogP contribution in [0.15, 0.2) is 0 Å². The molecule has 2 rings (SSSR count). The Bertz CT molecular complexity index is 391. The third kappa shape index (κ3) is 3.66. The molecule has 0 spiro atoms. The van der Waals surface area contributed by atoms with Crippen molar-refractivity contribution in [1.82, 2.24) is 15.0 Å². The molecule has 1 aromatic heterocycles. The number of nitrogen functional groups attached to an aromatic ring is 1. The van der Waals surface area contributed by atoms with Crippen LogP contribution >= 0.6 is 0 Å². The van der Waals surface area contributed by atoms with Gasteiger partial charge < -0.3 is 10.1 Å². The summed E-state index contributed by atoms with van der Waals surface area (Å²) in [6.07, 6.45) is 6.12. The van der Waals surface area contributed by atoms with E-state index in [2.05, 4.69) is 32.6 Å². The van der Waals surface area contributed by atoms with Gasteiger partial charge in [0.2, 0.25) is 11.9 Å². The van der Waals surface area contributed by atoms with Gasteiger partial charge in [0.15, 0.2) is 0 Å². The van der Waals surface area contributed by atoms with E-state index < -0.39 is 0 Å². The zero-order valence-electron chi connectivity index (χ0n) is 11.5. The molecule has 0 amide bonds. The first kappa shape index (κ1) is 13.8. The maximum Gasteiger partial charge on any atom is 0.322 e. The molecule has 2 atom stereocenters. The van der Waals surface area contributed by atoms with Gasteiger partial charge in [0.1, 0.15) is 0 Å². The summed E-state index contributed by atoms with van der Waals surface area (Å²) in [5.74, 6) is 6.94. The zero-order chi connectivity index (χ0) is 13.7. The van der Waals surface area contributed by atoms with Gasteiger partial charge >= 0.3 is 6.01 Å². The van der Waals surface area contributed by atoms with Gasteiger partial charge in [-0.1, -0.05) is 26.2 Å². The van der Waals surface area contributed by atoms with Crippen molar-refractivity contribution in [3.63, 3.8) is 0 Å². The van der Waals surface area contributed by atoms with E-state index in [-0.39, 0.29) is 6.01 Å². The molecular formula is C12H22N6O. The van der Waals surface area contributed by atoms with Crippen LogP contribution in [-0.4, -0.2) is 28.1 Å². The number of ether oxygens (including phenoxy) is 1. The second-order valence-corrected chi connectivity index (χ2v) is 4.90. The minimum absolute atomic E-state index is 0.258. The van der Waals surface area contributed by atoms with E-state index >= 15 is 0 Å². The van der Waals surface area contributed by atoms with Gasteiger partial charge in [0.05, 0.1) is 7.11 Å². The molecular weight excluding hydrogens is 244 g/mol. The Hall–Kier alpha value is -1.63. The van der Waals surface area contributed by atoms with Gasteiger partial charge in [-0.05, 0) is 18.8 Å². The Morgan fingerprint density at radius 1 is 1.26 bits per heavy atom. The number of methoxy groups -OCH3 is 1. The van der Waals surface area contributed by atoms with Crippen molar-refractivity contribution < 1.29 is 4.74 Å². The number of anilines is 2. The quantitative estimate of drug-likeness (QED) is 0.549. The zero-order valence-corrected chi connectivity index (χ0v) is 11.5. The average molecular weight is 266 g/mol. The van der Waals surface area contributed by atoms with E-state index in [1.54, 1.807) is 0 Å². The first-order chi connectivity index (χ1) is 9.25. The summed E-state index contributed by atoms with van der Waals surface area (Å²) < 4.78 is 5.03. The lowest BCUT2D eigenvalue weighted by Gasteiger charge is -2.29. The summed E-state index contributed by atoms with van der Waals surface area (Å²) in [6, 6.07) is 0.671. The second-order valence-electron chi connectivity index (χ2n) is 4.90. The van der Waals surface area contributed by atoms with Crippen LogP contribution in [0.5, 0.6) is 6.01 Å². The van der Waals surface area contributed by atoms with E-state index in [0.29, 0.717) is 17.9 Å². The van der Waals surface area contributed by atoms with Gasteiger partial charge in [0, 0.05) is 6.04 Å². The lowest BCUT2D eigenvalue weighted by atomic mass is 9.84. The number of nitrogens with two attached hydrogens (primary N) is 1. The van der Waals surface area contributed by atoms with Crippen molar-refractivity contribution in [3.05, 3.63) is 0 Å². The molecule has 1 fully saturated rings. The summed E-state index contributed by atoms with van der Waals surface area (Å²) in [5.41, 5.74) is 2.42. The highest BCUT2D eigenvalue weighted by atomic mass is 16.5. The number of nitrogens with one attached hydrogen (secondary N) is 2. The maximum atomic E-state index is 5.33. The first-order valence-corrected chi connectivity index (χ1v) is 6.78. The van der Waals surface area contributed by atoms with Gasteiger partial charge in [0.25, 0.3) is 0 Å². The summed E-state index contributed by atoms with van der Waals surface area (Å²) in [4.78, 5) is 12.4. The molecule has 1 aliphatic rings. The molecule has 0 aliphatic heterocycles. The molecule has 0 aromatic carbocycles. The topological polar surface area (TPSA) is 98.0 Å². The number of hydrogen-bond acceptors (Lipinski definition) is 7. The van der Waals surface area contributed by atoms with Crippen molar-refractivity contribution in [2.24, 2.45) is 11.8 Å². The predicted octanol–water partition coefficient (Wildman–Crippen LogP) is 1.55. The van der Waals surface area contributed by atoms with E-state index in [1.165, 1.54) is 26.4 Å². The largest absolute Gasteiger partial charge is 0.467 e. The standard InChI is InChI=1S/C12H22N6O/c1-3-8-5-4-6-9(7-8)14-10-15-11(18-13)17-12(16-10)19-2/h8-9H,3-7,13H2,1-2H3,(H2,14,15,16,17,18). The van der Waals surface area contributed by atoms with Crippen molar-refractivity contribution in [2.45, 2.75) is 45.1 Å². The maximum absolute atomic E-state index is 5.33. The first-order valence-electron chi connectivity index (χ1n) is 6.78. The third-order valence-corrected chi connectivity index (χ3v) is 3.62. The van der Waals surface area contributed by atoms with E-state index in [0.717, 1.165) is 18.8 Å². The molecule has 7 nitrogen and oxygen atoms in total. The van der Waals surface area contributed by atoms with Crippen LogP contribution in [-0.2, 0) is 0 Å². The fourth-order valence-corrected chi connectivity index (χ4v) is 2.55. The molecule has 1 aliphatic carbocycles. The monoisotopic (exact) mass is 266 g/mol. The number of hydrazine groups is 1. The number of hydrogen-bond donors (Lipinski definition) is 3. The Balaban J connectivity index is 2.05. The fourth-order valence-electron chi connectivity index (χ4n) is 2.55. The lowest BCUT2D eigenvalue weighted by molar-refractivity contribution is 0.326. The van der Waals surface area contributed by atoms with Crippen molar-refractivity contribution in [1.29, 1.82) is 0 Å².